The second kappa shape index (κ2) is 4.95. The molecule has 0 fully saturated rings. The molecule has 0 rings (SSSR count). The summed E-state index contributed by atoms with van der Waals surface area (Å²) in [7, 11) is -3.17. The number of halogens is 1. The summed E-state index contributed by atoms with van der Waals surface area (Å²) < 4.78 is 23.6. The van der Waals surface area contributed by atoms with Crippen LogP contribution in [0.5, 0.6) is 0 Å². The third kappa shape index (κ3) is 3.40. The minimum absolute atomic E-state index is 0.319. The first kappa shape index (κ1) is 11.2. The van der Waals surface area contributed by atoms with Crippen molar-refractivity contribution in [1.82, 2.24) is 4.31 Å². The summed E-state index contributed by atoms with van der Waals surface area (Å²) in [6, 6.07) is 0. The monoisotopic (exact) mass is 199 g/mol. The van der Waals surface area contributed by atoms with Gasteiger partial charge in [0, 0.05) is 13.1 Å². The lowest BCUT2D eigenvalue weighted by Crippen LogP contribution is -2.32. The van der Waals surface area contributed by atoms with Gasteiger partial charge in [-0.2, -0.15) is 0 Å². The standard InChI is InChI=1S/C6H14ClNO2S/c1-3-5-8(4-2)11(9,10)6-7/h3-6H2,1-2H3. The average Bonchev–Trinajstić information content (AvgIpc) is 2.00. The first-order valence-electron chi connectivity index (χ1n) is 3.62. The molecular formula is C6H14ClNO2S. The third-order valence-electron chi connectivity index (χ3n) is 1.36. The fourth-order valence-electron chi connectivity index (χ4n) is 0.812. The lowest BCUT2D eigenvalue weighted by molar-refractivity contribution is 0.430. The predicted octanol–water partition coefficient (Wildman–Crippen LogP) is 1.24. The number of sulfonamides is 1. The van der Waals surface area contributed by atoms with E-state index in [-0.39, 0.29) is 5.21 Å². The van der Waals surface area contributed by atoms with Crippen molar-refractivity contribution in [2.24, 2.45) is 0 Å². The number of nitrogens with zero attached hydrogens (tertiary/aromatic N) is 1. The maximum atomic E-state index is 11.1. The first-order valence-corrected chi connectivity index (χ1v) is 5.76. The van der Waals surface area contributed by atoms with Crippen LogP contribution in [0.1, 0.15) is 20.3 Å². The molecule has 5 heteroatoms. The van der Waals surface area contributed by atoms with Gasteiger partial charge in [0.25, 0.3) is 0 Å². The first-order chi connectivity index (χ1) is 5.08. The molecule has 0 aromatic rings. The Morgan fingerprint density at radius 3 is 2.18 bits per heavy atom. The Morgan fingerprint density at radius 2 is 1.91 bits per heavy atom. The Labute approximate surface area is 73.4 Å². The molecule has 0 unspecified atom stereocenters. The topological polar surface area (TPSA) is 37.4 Å². The van der Waals surface area contributed by atoms with Crippen molar-refractivity contribution in [3.8, 4) is 0 Å². The highest BCUT2D eigenvalue weighted by Crippen LogP contribution is 2.03. The fraction of sp³-hybridized carbons (Fsp3) is 1.00. The van der Waals surface area contributed by atoms with E-state index in [2.05, 4.69) is 0 Å². The molecule has 0 atom stereocenters. The van der Waals surface area contributed by atoms with E-state index in [0.29, 0.717) is 13.1 Å². The van der Waals surface area contributed by atoms with E-state index in [4.69, 9.17) is 11.6 Å². The van der Waals surface area contributed by atoms with Crippen LogP contribution in [-0.2, 0) is 10.0 Å². The molecule has 0 aliphatic rings. The minimum atomic E-state index is -3.17. The highest BCUT2D eigenvalue weighted by Gasteiger charge is 2.17. The van der Waals surface area contributed by atoms with Gasteiger partial charge in [0.05, 0.1) is 0 Å². The predicted molar refractivity (Wildman–Crippen MR) is 47.2 cm³/mol. The summed E-state index contributed by atoms with van der Waals surface area (Å²) in [6.07, 6.45) is 0.823. The van der Waals surface area contributed by atoms with Gasteiger partial charge in [-0.25, -0.2) is 12.7 Å². The van der Waals surface area contributed by atoms with E-state index in [1.165, 1.54) is 4.31 Å². The van der Waals surface area contributed by atoms with E-state index in [9.17, 15) is 8.42 Å². The normalized spacial score (nSPS) is 12.4. The molecule has 0 aliphatic heterocycles. The molecule has 0 radical (unpaired) electrons. The summed E-state index contributed by atoms with van der Waals surface area (Å²) >= 11 is 5.27. The zero-order valence-electron chi connectivity index (χ0n) is 6.88. The molecule has 11 heavy (non-hydrogen) atoms. The van der Waals surface area contributed by atoms with Gasteiger partial charge >= 0.3 is 0 Å². The lowest BCUT2D eigenvalue weighted by Gasteiger charge is -2.17. The molecule has 0 saturated heterocycles. The molecule has 0 aromatic heterocycles. The van der Waals surface area contributed by atoms with Gasteiger partial charge in [-0.3, -0.25) is 0 Å². The van der Waals surface area contributed by atoms with Crippen LogP contribution < -0.4 is 0 Å². The van der Waals surface area contributed by atoms with Gasteiger partial charge in [0.1, 0.15) is 5.21 Å². The summed E-state index contributed by atoms with van der Waals surface area (Å²) in [5.41, 5.74) is 0. The van der Waals surface area contributed by atoms with Gasteiger partial charge < -0.3 is 0 Å². The average molecular weight is 200 g/mol. The van der Waals surface area contributed by atoms with Crippen LogP contribution in [-0.4, -0.2) is 31.0 Å². The van der Waals surface area contributed by atoms with Gasteiger partial charge in [0.2, 0.25) is 10.0 Å². The van der Waals surface area contributed by atoms with Crippen molar-refractivity contribution >= 4 is 21.6 Å². The van der Waals surface area contributed by atoms with Crippen LogP contribution in [0.15, 0.2) is 0 Å². The van der Waals surface area contributed by atoms with Crippen LogP contribution in [0.25, 0.3) is 0 Å². The summed E-state index contributed by atoms with van der Waals surface area (Å²) in [4.78, 5) is 0. The zero-order valence-corrected chi connectivity index (χ0v) is 8.45. The molecule has 0 saturated carbocycles. The van der Waals surface area contributed by atoms with Crippen LogP contribution in [0.2, 0.25) is 0 Å². The fourth-order valence-corrected chi connectivity index (χ4v) is 2.22. The summed E-state index contributed by atoms with van der Waals surface area (Å²) in [5.74, 6) is 0. The van der Waals surface area contributed by atoms with Gasteiger partial charge in [0.15, 0.2) is 0 Å². The smallest absolute Gasteiger partial charge is 0.211 e. The Hall–Kier alpha value is 0.200. The third-order valence-corrected chi connectivity index (χ3v) is 3.69. The Kier molecular flexibility index (Phi) is 5.04. The van der Waals surface area contributed by atoms with Crippen molar-refractivity contribution in [1.29, 1.82) is 0 Å². The van der Waals surface area contributed by atoms with Gasteiger partial charge in [-0.05, 0) is 6.42 Å². The van der Waals surface area contributed by atoms with Crippen LogP contribution >= 0.6 is 11.6 Å². The van der Waals surface area contributed by atoms with E-state index >= 15 is 0 Å². The molecule has 0 N–H and O–H groups in total. The van der Waals surface area contributed by atoms with E-state index in [1.807, 2.05) is 6.92 Å². The summed E-state index contributed by atoms with van der Waals surface area (Å²) in [5, 5.41) is -0.319. The maximum Gasteiger partial charge on any atom is 0.228 e. The molecule has 0 aromatic carbocycles. The number of alkyl halides is 1. The minimum Gasteiger partial charge on any atom is -0.211 e. The van der Waals surface area contributed by atoms with Crippen LogP contribution in [0.3, 0.4) is 0 Å². The molecule has 0 bridgehead atoms. The largest absolute Gasteiger partial charge is 0.228 e. The van der Waals surface area contributed by atoms with Crippen molar-refractivity contribution in [3.63, 3.8) is 0 Å². The van der Waals surface area contributed by atoms with E-state index in [0.717, 1.165) is 6.42 Å². The molecule has 0 spiro atoms. The number of hydrogen-bond acceptors (Lipinski definition) is 2. The van der Waals surface area contributed by atoms with E-state index < -0.39 is 10.0 Å². The van der Waals surface area contributed by atoms with Crippen molar-refractivity contribution in [2.45, 2.75) is 20.3 Å². The molecule has 0 amide bonds. The van der Waals surface area contributed by atoms with Crippen LogP contribution in [0.4, 0.5) is 0 Å². The van der Waals surface area contributed by atoms with Crippen molar-refractivity contribution < 1.29 is 8.42 Å². The summed E-state index contributed by atoms with van der Waals surface area (Å²) in [6.45, 7) is 4.81. The lowest BCUT2D eigenvalue weighted by atomic mass is 10.5. The Bertz CT molecular complexity index is 191. The molecular weight excluding hydrogens is 186 g/mol. The quantitative estimate of drug-likeness (QED) is 0.625. The van der Waals surface area contributed by atoms with Crippen molar-refractivity contribution in [2.75, 3.05) is 18.3 Å². The molecule has 68 valence electrons. The zero-order chi connectivity index (χ0) is 8.91. The van der Waals surface area contributed by atoms with Crippen LogP contribution in [0, 0.1) is 0 Å². The van der Waals surface area contributed by atoms with Gasteiger partial charge in [-0.15, -0.1) is 11.6 Å². The van der Waals surface area contributed by atoms with Gasteiger partial charge in [-0.1, -0.05) is 13.8 Å². The Balaban J connectivity index is 4.25. The molecule has 0 heterocycles. The SMILES string of the molecule is CCCN(CC)S(=O)(=O)CCl. The highest BCUT2D eigenvalue weighted by atomic mass is 35.5. The maximum absolute atomic E-state index is 11.1. The van der Waals surface area contributed by atoms with Crippen molar-refractivity contribution in [3.05, 3.63) is 0 Å². The Morgan fingerprint density at radius 1 is 1.36 bits per heavy atom. The highest BCUT2D eigenvalue weighted by molar-refractivity contribution is 7.90. The molecule has 3 nitrogen and oxygen atoms in total. The second-order valence-corrected chi connectivity index (χ2v) is 4.77. The second-order valence-electron chi connectivity index (χ2n) is 2.21. The van der Waals surface area contributed by atoms with E-state index in [1.54, 1.807) is 6.92 Å². The number of rotatable bonds is 5. The molecule has 0 aliphatic carbocycles. The number of hydrogen-bond donors (Lipinski definition) is 0.